The molecule has 32 heavy (non-hydrogen) atoms. The second kappa shape index (κ2) is 12.1. The first kappa shape index (κ1) is 26.0. The van der Waals surface area contributed by atoms with Gasteiger partial charge >= 0.3 is 0 Å². The Hall–Kier alpha value is -2.27. The molecule has 0 spiro atoms. The van der Waals surface area contributed by atoms with Crippen molar-refractivity contribution in [2.24, 2.45) is 12.0 Å². The fraction of sp³-hybridized carbons (Fsp3) is 0.478. The van der Waals surface area contributed by atoms with Crippen LogP contribution in [0.4, 0.5) is 0 Å². The van der Waals surface area contributed by atoms with Crippen LogP contribution in [0.15, 0.2) is 46.1 Å². The number of hydrogen-bond donors (Lipinski definition) is 2. The van der Waals surface area contributed by atoms with Gasteiger partial charge in [-0.2, -0.15) is 5.10 Å². The summed E-state index contributed by atoms with van der Waals surface area (Å²) in [6.07, 6.45) is 3.93. The Balaban J connectivity index is 0.00000363. The molecule has 0 amide bonds. The van der Waals surface area contributed by atoms with Crippen molar-refractivity contribution in [1.82, 2.24) is 25.3 Å². The van der Waals surface area contributed by atoms with Crippen molar-refractivity contribution < 1.29 is 9.15 Å². The lowest BCUT2D eigenvalue weighted by atomic mass is 10.1. The number of rotatable bonds is 9. The second-order valence-electron chi connectivity index (χ2n) is 7.77. The van der Waals surface area contributed by atoms with Gasteiger partial charge in [0.2, 0.25) is 0 Å². The van der Waals surface area contributed by atoms with Crippen LogP contribution in [-0.4, -0.2) is 54.4 Å². The van der Waals surface area contributed by atoms with Gasteiger partial charge < -0.3 is 24.7 Å². The number of fused-ring (bicyclic) bond motifs is 1. The molecule has 0 aliphatic rings. The molecule has 3 aromatic rings. The molecule has 0 radical (unpaired) electrons. The SMILES string of the molecule is CCNC(=NCC(c1cnn(C)c1)N(C)C)NC(C)c1cc2cccc(OCC)c2o1.I. The topological polar surface area (TPSA) is 79.9 Å². The Morgan fingerprint density at radius 3 is 2.72 bits per heavy atom. The predicted molar refractivity (Wildman–Crippen MR) is 140 cm³/mol. The first-order valence-electron chi connectivity index (χ1n) is 10.8. The quantitative estimate of drug-likeness (QED) is 0.236. The zero-order valence-electron chi connectivity index (χ0n) is 19.8. The number of furan rings is 1. The van der Waals surface area contributed by atoms with E-state index < -0.39 is 0 Å². The molecule has 2 heterocycles. The second-order valence-corrected chi connectivity index (χ2v) is 7.77. The van der Waals surface area contributed by atoms with E-state index in [0.29, 0.717) is 13.2 Å². The molecule has 8 nitrogen and oxygen atoms in total. The number of aliphatic imine (C=N–C) groups is 1. The number of guanidine groups is 1. The van der Waals surface area contributed by atoms with Crippen LogP contribution in [0.2, 0.25) is 0 Å². The van der Waals surface area contributed by atoms with Crippen LogP contribution < -0.4 is 15.4 Å². The molecule has 2 aromatic heterocycles. The average molecular weight is 554 g/mol. The predicted octanol–water partition coefficient (Wildman–Crippen LogP) is 4.10. The van der Waals surface area contributed by atoms with Gasteiger partial charge in [-0.05, 0) is 47.0 Å². The van der Waals surface area contributed by atoms with Crippen LogP contribution in [0.5, 0.6) is 5.75 Å². The summed E-state index contributed by atoms with van der Waals surface area (Å²) in [4.78, 5) is 6.99. The van der Waals surface area contributed by atoms with E-state index >= 15 is 0 Å². The van der Waals surface area contributed by atoms with E-state index in [0.717, 1.165) is 40.5 Å². The molecule has 0 aliphatic heterocycles. The lowest BCUT2D eigenvalue weighted by molar-refractivity contribution is 0.306. The third-order valence-electron chi connectivity index (χ3n) is 5.11. The monoisotopic (exact) mass is 554 g/mol. The fourth-order valence-electron chi connectivity index (χ4n) is 3.49. The third kappa shape index (κ3) is 6.38. The maximum atomic E-state index is 6.14. The molecule has 2 atom stereocenters. The molecular formula is C23H35IN6O2. The summed E-state index contributed by atoms with van der Waals surface area (Å²) in [5.74, 6) is 2.35. The van der Waals surface area contributed by atoms with Crippen molar-refractivity contribution in [2.45, 2.75) is 32.9 Å². The molecule has 176 valence electrons. The van der Waals surface area contributed by atoms with Crippen LogP contribution in [-0.2, 0) is 7.05 Å². The number of hydrogen-bond acceptors (Lipinski definition) is 5. The molecule has 0 bridgehead atoms. The smallest absolute Gasteiger partial charge is 0.191 e. The summed E-state index contributed by atoms with van der Waals surface area (Å²) in [6.45, 7) is 8.07. The third-order valence-corrected chi connectivity index (χ3v) is 5.11. The Kier molecular flexibility index (Phi) is 9.83. The van der Waals surface area contributed by atoms with Crippen LogP contribution in [0, 0.1) is 0 Å². The van der Waals surface area contributed by atoms with Crippen LogP contribution >= 0.6 is 24.0 Å². The zero-order chi connectivity index (χ0) is 22.4. The van der Waals surface area contributed by atoms with Crippen molar-refractivity contribution >= 4 is 40.9 Å². The average Bonchev–Trinajstić information content (AvgIpc) is 3.35. The highest BCUT2D eigenvalue weighted by Crippen LogP contribution is 2.31. The maximum absolute atomic E-state index is 6.14. The number of nitrogens with one attached hydrogen (secondary N) is 2. The van der Waals surface area contributed by atoms with Gasteiger partial charge in [0.1, 0.15) is 5.76 Å². The molecule has 0 saturated heterocycles. The van der Waals surface area contributed by atoms with Gasteiger partial charge in [-0.25, -0.2) is 0 Å². The highest BCUT2D eigenvalue weighted by atomic mass is 127. The first-order valence-corrected chi connectivity index (χ1v) is 10.8. The molecule has 0 fully saturated rings. The molecule has 1 aromatic carbocycles. The summed E-state index contributed by atoms with van der Waals surface area (Å²) >= 11 is 0. The number of aromatic nitrogens is 2. The molecule has 0 aliphatic carbocycles. The highest BCUT2D eigenvalue weighted by Gasteiger charge is 2.18. The fourth-order valence-corrected chi connectivity index (χ4v) is 3.49. The van der Waals surface area contributed by atoms with E-state index in [4.69, 9.17) is 14.1 Å². The van der Waals surface area contributed by atoms with Crippen molar-refractivity contribution in [2.75, 3.05) is 33.8 Å². The molecular weight excluding hydrogens is 519 g/mol. The minimum Gasteiger partial charge on any atom is -0.490 e. The lowest BCUT2D eigenvalue weighted by Crippen LogP contribution is -2.39. The maximum Gasteiger partial charge on any atom is 0.191 e. The standard InChI is InChI=1S/C23H34N6O2.HI/c1-7-24-23(25-14-19(28(4)5)18-13-26-29(6)15-18)27-16(3)21-12-17-10-9-11-20(30-8-2)22(17)31-21;/h9-13,15-16,19H,7-8,14H2,1-6H3,(H2,24,25,27);1H. The molecule has 3 rings (SSSR count). The Bertz CT molecular complexity index is 1010. The number of benzene rings is 1. The van der Waals surface area contributed by atoms with Gasteiger partial charge in [0.15, 0.2) is 17.3 Å². The van der Waals surface area contributed by atoms with Gasteiger partial charge in [0.05, 0.1) is 31.4 Å². The number of likely N-dealkylation sites (N-methyl/N-ethyl adjacent to an activating group) is 1. The Labute approximate surface area is 207 Å². The van der Waals surface area contributed by atoms with Crippen molar-refractivity contribution in [3.63, 3.8) is 0 Å². The minimum atomic E-state index is -0.0594. The number of nitrogens with zero attached hydrogens (tertiary/aromatic N) is 4. The van der Waals surface area contributed by atoms with Crippen molar-refractivity contribution in [1.29, 1.82) is 0 Å². The molecule has 2 unspecified atom stereocenters. The van der Waals surface area contributed by atoms with Gasteiger partial charge in [0, 0.05) is 30.7 Å². The first-order chi connectivity index (χ1) is 14.9. The molecule has 0 saturated carbocycles. The van der Waals surface area contributed by atoms with E-state index in [1.165, 1.54) is 0 Å². The van der Waals surface area contributed by atoms with E-state index in [1.807, 2.05) is 49.2 Å². The van der Waals surface area contributed by atoms with Gasteiger partial charge in [-0.1, -0.05) is 12.1 Å². The van der Waals surface area contributed by atoms with E-state index in [9.17, 15) is 0 Å². The summed E-state index contributed by atoms with van der Waals surface area (Å²) in [5, 5.41) is 12.1. The van der Waals surface area contributed by atoms with Gasteiger partial charge in [0.25, 0.3) is 0 Å². The normalized spacial score (nSPS) is 13.7. The van der Waals surface area contributed by atoms with E-state index in [-0.39, 0.29) is 36.1 Å². The Morgan fingerprint density at radius 1 is 1.31 bits per heavy atom. The molecule has 9 heteroatoms. The number of halogens is 1. The van der Waals surface area contributed by atoms with E-state index in [1.54, 1.807) is 0 Å². The van der Waals surface area contributed by atoms with Crippen LogP contribution in [0.3, 0.4) is 0 Å². The summed E-state index contributed by atoms with van der Waals surface area (Å²) < 4.78 is 13.7. The van der Waals surface area contributed by atoms with Crippen molar-refractivity contribution in [3.8, 4) is 5.75 Å². The van der Waals surface area contributed by atoms with E-state index in [2.05, 4.69) is 54.6 Å². The van der Waals surface area contributed by atoms with Gasteiger partial charge in [-0.15, -0.1) is 24.0 Å². The largest absolute Gasteiger partial charge is 0.490 e. The van der Waals surface area contributed by atoms with Crippen LogP contribution in [0.25, 0.3) is 11.0 Å². The summed E-state index contributed by atoms with van der Waals surface area (Å²) in [5.41, 5.74) is 1.92. The minimum absolute atomic E-state index is 0. The van der Waals surface area contributed by atoms with Crippen LogP contribution in [0.1, 0.15) is 44.2 Å². The zero-order valence-corrected chi connectivity index (χ0v) is 22.1. The van der Waals surface area contributed by atoms with Crippen molar-refractivity contribution in [3.05, 3.63) is 48.0 Å². The highest BCUT2D eigenvalue weighted by molar-refractivity contribution is 14.0. The molecule has 2 N–H and O–H groups in total. The number of ether oxygens (including phenoxy) is 1. The number of para-hydroxylation sites is 1. The summed E-state index contributed by atoms with van der Waals surface area (Å²) in [7, 11) is 6.04. The van der Waals surface area contributed by atoms with Gasteiger partial charge in [-0.3, -0.25) is 9.67 Å². The number of aryl methyl sites for hydroxylation is 1. The summed E-state index contributed by atoms with van der Waals surface area (Å²) in [6, 6.07) is 8.08. The Morgan fingerprint density at radius 2 is 2.09 bits per heavy atom. The lowest BCUT2D eigenvalue weighted by Gasteiger charge is -2.22.